The Hall–Kier alpha value is -5.10. The molecule has 44 heavy (non-hydrogen) atoms. The summed E-state index contributed by atoms with van der Waals surface area (Å²) >= 11 is 0. The minimum absolute atomic E-state index is 0.204. The van der Waals surface area contributed by atoms with Crippen LogP contribution in [0.3, 0.4) is 0 Å². The highest BCUT2D eigenvalue weighted by molar-refractivity contribution is 7.92. The number of nitrogens with zero attached hydrogens (tertiary/aromatic N) is 4. The molecule has 7 rings (SSSR count). The molecule has 0 saturated carbocycles. The van der Waals surface area contributed by atoms with Crippen LogP contribution in [0.25, 0.3) is 39.2 Å². The molecule has 1 unspecified atom stereocenters. The van der Waals surface area contributed by atoms with Gasteiger partial charge in [0, 0.05) is 47.8 Å². The van der Waals surface area contributed by atoms with Crippen LogP contribution in [-0.4, -0.2) is 56.9 Å². The van der Waals surface area contributed by atoms with Crippen molar-refractivity contribution in [3.8, 4) is 22.6 Å². The van der Waals surface area contributed by atoms with E-state index in [9.17, 15) is 22.0 Å². The molecule has 0 bridgehead atoms. The van der Waals surface area contributed by atoms with Gasteiger partial charge in [0.15, 0.2) is 0 Å². The third-order valence-corrected chi connectivity index (χ3v) is 9.32. The summed E-state index contributed by atoms with van der Waals surface area (Å²) in [4.78, 5) is 24.3. The van der Waals surface area contributed by atoms with Gasteiger partial charge >= 0.3 is 0 Å². The van der Waals surface area contributed by atoms with E-state index in [0.29, 0.717) is 45.5 Å². The first-order valence-electron chi connectivity index (χ1n) is 13.7. The fourth-order valence-corrected chi connectivity index (χ4v) is 6.33. The molecule has 1 aliphatic carbocycles. The van der Waals surface area contributed by atoms with Gasteiger partial charge in [0.1, 0.15) is 23.0 Å². The number of carbonyl (C=O) groups excluding carboxylic acids is 1. The first kappa shape index (κ1) is 27.7. The van der Waals surface area contributed by atoms with Crippen LogP contribution in [0.4, 0.5) is 20.2 Å². The molecular weight excluding hydrogens is 588 g/mol. The van der Waals surface area contributed by atoms with Gasteiger partial charge in [-0.1, -0.05) is 6.08 Å². The smallest absolute Gasteiger partial charge is 0.255 e. The standard InChI is InChI=1S/C32H25F2N5O4S/c1-35-32(40)30-22-11-20(27(38(2)44(3,41)42)14-29(22)43-31(30)17-7-9-18(33)10-8-17)24-12-21-25(15-36-24)37-16-39-26-6-4-5-23(34)19(26)13-28(21)39/h4-5,7-16,26H,6H2,1-3H3,(H,35,40). The van der Waals surface area contributed by atoms with Crippen LogP contribution in [-0.2, 0) is 10.0 Å². The molecule has 3 aliphatic rings. The van der Waals surface area contributed by atoms with Crippen LogP contribution in [0.1, 0.15) is 22.3 Å². The average Bonchev–Trinajstić information content (AvgIpc) is 3.59. The number of nitrogens with one attached hydrogen (secondary N) is 1. The summed E-state index contributed by atoms with van der Waals surface area (Å²) in [6.45, 7) is 0. The van der Waals surface area contributed by atoms with Crippen LogP contribution >= 0.6 is 0 Å². The molecule has 1 N–H and O–H groups in total. The summed E-state index contributed by atoms with van der Waals surface area (Å²) in [6.07, 6.45) is 10.0. The Kier molecular flexibility index (Phi) is 6.29. The fraction of sp³-hybridized carbons (Fsp3) is 0.156. The van der Waals surface area contributed by atoms with Crippen molar-refractivity contribution in [2.45, 2.75) is 12.5 Å². The van der Waals surface area contributed by atoms with Gasteiger partial charge in [-0.3, -0.25) is 14.1 Å². The predicted molar refractivity (Wildman–Crippen MR) is 165 cm³/mol. The second kappa shape index (κ2) is 9.98. The zero-order valence-corrected chi connectivity index (χ0v) is 24.6. The van der Waals surface area contributed by atoms with E-state index in [-0.39, 0.29) is 34.5 Å². The maximum atomic E-state index is 14.7. The van der Waals surface area contributed by atoms with E-state index in [4.69, 9.17) is 4.42 Å². The Labute approximate surface area is 251 Å². The number of halogens is 2. The Morgan fingerprint density at radius 2 is 1.91 bits per heavy atom. The number of allylic oxidation sites excluding steroid dienone is 2. The molecule has 0 saturated heterocycles. The molecule has 0 spiro atoms. The number of carbonyl (C=O) groups is 1. The molecule has 2 aromatic carbocycles. The molecule has 2 aromatic heterocycles. The number of benzene rings is 2. The quantitative estimate of drug-likeness (QED) is 0.299. The highest BCUT2D eigenvalue weighted by Crippen LogP contribution is 2.46. The summed E-state index contributed by atoms with van der Waals surface area (Å²) in [6, 6.07) is 10.3. The minimum atomic E-state index is -3.74. The normalized spacial score (nSPS) is 17.0. The number of furan rings is 1. The van der Waals surface area contributed by atoms with Gasteiger partial charge in [-0.15, -0.1) is 0 Å². The fourth-order valence-electron chi connectivity index (χ4n) is 5.82. The molecule has 12 heteroatoms. The van der Waals surface area contributed by atoms with Gasteiger partial charge in [-0.05, 0) is 55.0 Å². The Morgan fingerprint density at radius 3 is 2.64 bits per heavy atom. The van der Waals surface area contributed by atoms with Crippen LogP contribution in [0.2, 0.25) is 0 Å². The Bertz CT molecular complexity index is 2130. The van der Waals surface area contributed by atoms with Crippen molar-refractivity contribution in [2.75, 3.05) is 24.7 Å². The lowest BCUT2D eigenvalue weighted by molar-refractivity contribution is 0.0964. The van der Waals surface area contributed by atoms with Gasteiger partial charge in [0.05, 0.1) is 53.2 Å². The lowest BCUT2D eigenvalue weighted by atomic mass is 9.99. The number of amides is 1. The van der Waals surface area contributed by atoms with Crippen molar-refractivity contribution in [2.24, 2.45) is 4.99 Å². The van der Waals surface area contributed by atoms with Gasteiger partial charge in [0.25, 0.3) is 5.91 Å². The molecule has 4 aromatic rings. The number of pyridine rings is 1. The van der Waals surface area contributed by atoms with Gasteiger partial charge in [0.2, 0.25) is 10.0 Å². The van der Waals surface area contributed by atoms with Crippen molar-refractivity contribution >= 4 is 50.3 Å². The lowest BCUT2D eigenvalue weighted by Gasteiger charge is -2.30. The Morgan fingerprint density at radius 1 is 1.14 bits per heavy atom. The lowest BCUT2D eigenvalue weighted by Crippen LogP contribution is -2.31. The van der Waals surface area contributed by atoms with Crippen LogP contribution in [0.15, 0.2) is 87.7 Å². The highest BCUT2D eigenvalue weighted by Gasteiger charge is 2.36. The van der Waals surface area contributed by atoms with E-state index < -0.39 is 21.7 Å². The first-order chi connectivity index (χ1) is 21.0. The maximum absolute atomic E-state index is 14.7. The van der Waals surface area contributed by atoms with Crippen molar-refractivity contribution < 1.29 is 26.4 Å². The van der Waals surface area contributed by atoms with E-state index in [0.717, 1.165) is 16.3 Å². The summed E-state index contributed by atoms with van der Waals surface area (Å²) in [7, 11) is -0.840. The topological polar surface area (TPSA) is 108 Å². The van der Waals surface area contributed by atoms with Gasteiger partial charge < -0.3 is 14.6 Å². The zero-order valence-electron chi connectivity index (χ0n) is 23.8. The molecule has 9 nitrogen and oxygen atoms in total. The second-order valence-electron chi connectivity index (χ2n) is 10.7. The van der Waals surface area contributed by atoms with E-state index in [1.807, 2.05) is 4.90 Å². The van der Waals surface area contributed by atoms with Gasteiger partial charge in [-0.2, -0.15) is 0 Å². The molecule has 0 radical (unpaired) electrons. The van der Waals surface area contributed by atoms with Crippen molar-refractivity contribution in [1.29, 1.82) is 0 Å². The molecule has 2 aliphatic heterocycles. The summed E-state index contributed by atoms with van der Waals surface area (Å²) < 4.78 is 61.3. The molecule has 222 valence electrons. The number of rotatable bonds is 5. The number of aromatic nitrogens is 1. The van der Waals surface area contributed by atoms with E-state index in [1.54, 1.807) is 42.9 Å². The number of aliphatic imine (C=N–C) groups is 1. The van der Waals surface area contributed by atoms with Crippen LogP contribution in [0, 0.1) is 5.82 Å². The first-order valence-corrected chi connectivity index (χ1v) is 15.5. The minimum Gasteiger partial charge on any atom is -0.455 e. The summed E-state index contributed by atoms with van der Waals surface area (Å²) in [5.74, 6) is -0.979. The number of hydrogen-bond acceptors (Lipinski definition) is 7. The summed E-state index contributed by atoms with van der Waals surface area (Å²) in [5, 5.41) is 3.04. The van der Waals surface area contributed by atoms with Crippen LogP contribution in [0.5, 0.6) is 0 Å². The van der Waals surface area contributed by atoms with E-state index >= 15 is 0 Å². The van der Waals surface area contributed by atoms with Crippen molar-refractivity contribution in [3.63, 3.8) is 0 Å². The van der Waals surface area contributed by atoms with E-state index in [2.05, 4.69) is 15.3 Å². The van der Waals surface area contributed by atoms with Gasteiger partial charge in [-0.25, -0.2) is 22.2 Å². The zero-order chi connectivity index (χ0) is 30.9. The van der Waals surface area contributed by atoms with Crippen molar-refractivity contribution in [3.05, 3.63) is 95.2 Å². The Balaban J connectivity index is 1.47. The SMILES string of the molecule is CNC(=O)c1c(-c2ccc(F)cc2)oc2cc(N(C)S(C)(=O)=O)c(-c3cc4c(cn3)N=CN3C4=CC4=C(F)C=CCC43)cc12. The molecule has 1 atom stereocenters. The third kappa shape index (κ3) is 4.32. The number of anilines is 1. The average molecular weight is 614 g/mol. The molecule has 0 fully saturated rings. The number of sulfonamides is 1. The maximum Gasteiger partial charge on any atom is 0.255 e. The monoisotopic (exact) mass is 613 g/mol. The largest absolute Gasteiger partial charge is 0.455 e. The van der Waals surface area contributed by atoms with Crippen molar-refractivity contribution in [1.82, 2.24) is 15.2 Å². The van der Waals surface area contributed by atoms with Crippen LogP contribution < -0.4 is 9.62 Å². The third-order valence-electron chi connectivity index (χ3n) is 8.12. The molecular formula is C32H25F2N5O4S. The second-order valence-corrected chi connectivity index (χ2v) is 12.7. The predicted octanol–water partition coefficient (Wildman–Crippen LogP) is 5.94. The number of fused-ring (bicyclic) bond motifs is 6. The molecule has 4 heterocycles. The molecule has 1 amide bonds. The summed E-state index contributed by atoms with van der Waals surface area (Å²) in [5.41, 5.74) is 4.61. The van der Waals surface area contributed by atoms with E-state index in [1.165, 1.54) is 44.4 Å². The highest BCUT2D eigenvalue weighted by atomic mass is 32.2. The number of hydrogen-bond donors (Lipinski definition) is 1.